The van der Waals surface area contributed by atoms with E-state index in [4.69, 9.17) is 11.6 Å². The summed E-state index contributed by atoms with van der Waals surface area (Å²) in [6, 6.07) is 8.29. The molecular weight excluding hydrogens is 316 g/mol. The molecule has 0 saturated carbocycles. The molecule has 0 aliphatic rings. The lowest BCUT2D eigenvalue weighted by molar-refractivity contribution is -0.116. The lowest BCUT2D eigenvalue weighted by Crippen LogP contribution is -2.31. The van der Waals surface area contributed by atoms with E-state index in [1.807, 2.05) is 6.92 Å². The van der Waals surface area contributed by atoms with Crippen LogP contribution in [0.2, 0.25) is 5.02 Å². The SMILES string of the molecule is Cc1c(Cl)cccc1NC(=O)CCNC(=O)Nc1ccncc1. The van der Waals surface area contributed by atoms with Gasteiger partial charge in [0, 0.05) is 41.8 Å². The first-order valence-electron chi connectivity index (χ1n) is 7.06. The van der Waals surface area contributed by atoms with Crippen molar-refractivity contribution in [3.63, 3.8) is 0 Å². The van der Waals surface area contributed by atoms with Gasteiger partial charge in [-0.2, -0.15) is 0 Å². The average molecular weight is 333 g/mol. The van der Waals surface area contributed by atoms with Crippen molar-refractivity contribution in [2.75, 3.05) is 17.2 Å². The molecular formula is C16H17ClN4O2. The van der Waals surface area contributed by atoms with Crippen LogP contribution in [-0.2, 0) is 4.79 Å². The highest BCUT2D eigenvalue weighted by molar-refractivity contribution is 6.31. The van der Waals surface area contributed by atoms with Crippen LogP contribution in [0, 0.1) is 6.92 Å². The van der Waals surface area contributed by atoms with Crippen LogP contribution in [0.15, 0.2) is 42.7 Å². The predicted molar refractivity (Wildman–Crippen MR) is 90.7 cm³/mol. The normalized spacial score (nSPS) is 10.0. The van der Waals surface area contributed by atoms with Gasteiger partial charge in [0.05, 0.1) is 0 Å². The summed E-state index contributed by atoms with van der Waals surface area (Å²) in [5.74, 6) is -0.195. The predicted octanol–water partition coefficient (Wildman–Crippen LogP) is 3.19. The summed E-state index contributed by atoms with van der Waals surface area (Å²) in [7, 11) is 0. The second-order valence-electron chi connectivity index (χ2n) is 4.83. The summed E-state index contributed by atoms with van der Waals surface area (Å²) in [6.07, 6.45) is 3.32. The number of rotatable bonds is 5. The summed E-state index contributed by atoms with van der Waals surface area (Å²) in [4.78, 5) is 27.4. The number of halogens is 1. The van der Waals surface area contributed by atoms with E-state index in [0.717, 1.165) is 5.56 Å². The van der Waals surface area contributed by atoms with E-state index in [9.17, 15) is 9.59 Å². The first-order chi connectivity index (χ1) is 11.1. The van der Waals surface area contributed by atoms with Crippen LogP contribution in [0.1, 0.15) is 12.0 Å². The largest absolute Gasteiger partial charge is 0.337 e. The van der Waals surface area contributed by atoms with Crippen molar-refractivity contribution in [2.24, 2.45) is 0 Å². The molecule has 0 spiro atoms. The fraction of sp³-hybridized carbons (Fsp3) is 0.188. The Hall–Kier alpha value is -2.60. The van der Waals surface area contributed by atoms with Crippen molar-refractivity contribution in [2.45, 2.75) is 13.3 Å². The average Bonchev–Trinajstić information content (AvgIpc) is 2.53. The van der Waals surface area contributed by atoms with E-state index in [2.05, 4.69) is 20.9 Å². The number of urea groups is 1. The molecule has 0 unspecified atom stereocenters. The summed E-state index contributed by atoms with van der Waals surface area (Å²) in [5, 5.41) is 8.63. The van der Waals surface area contributed by atoms with E-state index < -0.39 is 0 Å². The zero-order chi connectivity index (χ0) is 16.7. The van der Waals surface area contributed by atoms with Crippen molar-refractivity contribution in [1.82, 2.24) is 10.3 Å². The third kappa shape index (κ3) is 5.27. The molecule has 7 heteroatoms. The second-order valence-corrected chi connectivity index (χ2v) is 5.23. The number of pyridine rings is 1. The maximum atomic E-state index is 11.9. The van der Waals surface area contributed by atoms with Crippen LogP contribution in [0.4, 0.5) is 16.2 Å². The maximum absolute atomic E-state index is 11.9. The third-order valence-corrected chi connectivity index (χ3v) is 3.53. The highest BCUT2D eigenvalue weighted by Gasteiger charge is 2.07. The smallest absolute Gasteiger partial charge is 0.319 e. The summed E-state index contributed by atoms with van der Waals surface area (Å²) >= 11 is 6.00. The first kappa shape index (κ1) is 16.8. The van der Waals surface area contributed by atoms with Gasteiger partial charge in [-0.05, 0) is 36.8 Å². The van der Waals surface area contributed by atoms with Gasteiger partial charge in [0.1, 0.15) is 0 Å². The summed E-state index contributed by atoms with van der Waals surface area (Å²) in [6.45, 7) is 2.06. The standard InChI is InChI=1S/C16H17ClN4O2/c1-11-13(17)3-2-4-14(11)21-15(22)7-10-19-16(23)20-12-5-8-18-9-6-12/h2-6,8-9H,7,10H2,1H3,(H,21,22)(H2,18,19,20,23). The van der Waals surface area contributed by atoms with Crippen molar-refractivity contribution in [1.29, 1.82) is 0 Å². The number of hydrogen-bond donors (Lipinski definition) is 3. The van der Waals surface area contributed by atoms with Crippen LogP contribution in [0.5, 0.6) is 0 Å². The number of amides is 3. The number of carbonyl (C=O) groups excluding carboxylic acids is 2. The molecule has 1 aromatic heterocycles. The number of aromatic nitrogens is 1. The van der Waals surface area contributed by atoms with Gasteiger partial charge in [0.2, 0.25) is 5.91 Å². The molecule has 0 fully saturated rings. The molecule has 0 bridgehead atoms. The van der Waals surface area contributed by atoms with Gasteiger partial charge < -0.3 is 16.0 Å². The van der Waals surface area contributed by atoms with Crippen molar-refractivity contribution in [3.05, 3.63) is 53.3 Å². The van der Waals surface area contributed by atoms with E-state index in [0.29, 0.717) is 16.4 Å². The Morgan fingerprint density at radius 3 is 2.61 bits per heavy atom. The van der Waals surface area contributed by atoms with Crippen LogP contribution < -0.4 is 16.0 Å². The van der Waals surface area contributed by atoms with Gasteiger partial charge in [-0.3, -0.25) is 9.78 Å². The molecule has 0 aliphatic heterocycles. The summed E-state index contributed by atoms with van der Waals surface area (Å²) < 4.78 is 0. The Morgan fingerprint density at radius 1 is 1.13 bits per heavy atom. The number of anilines is 2. The zero-order valence-electron chi connectivity index (χ0n) is 12.6. The molecule has 0 atom stereocenters. The van der Waals surface area contributed by atoms with E-state index in [-0.39, 0.29) is 24.9 Å². The molecule has 3 amide bonds. The van der Waals surface area contributed by atoms with Gasteiger partial charge in [-0.1, -0.05) is 17.7 Å². The fourth-order valence-corrected chi connectivity index (χ4v) is 2.03. The monoisotopic (exact) mass is 332 g/mol. The molecule has 2 rings (SSSR count). The van der Waals surface area contributed by atoms with E-state index >= 15 is 0 Å². The molecule has 0 aliphatic carbocycles. The van der Waals surface area contributed by atoms with Crippen molar-refractivity contribution >= 4 is 34.9 Å². The maximum Gasteiger partial charge on any atom is 0.319 e. The molecule has 3 N–H and O–H groups in total. The number of nitrogens with zero attached hydrogens (tertiary/aromatic N) is 1. The Balaban J connectivity index is 1.74. The van der Waals surface area contributed by atoms with Gasteiger partial charge in [-0.15, -0.1) is 0 Å². The van der Waals surface area contributed by atoms with Crippen LogP contribution in [0.3, 0.4) is 0 Å². The number of carbonyl (C=O) groups is 2. The van der Waals surface area contributed by atoms with E-state index in [1.54, 1.807) is 42.7 Å². The highest BCUT2D eigenvalue weighted by Crippen LogP contribution is 2.22. The van der Waals surface area contributed by atoms with Gasteiger partial charge in [0.15, 0.2) is 0 Å². The van der Waals surface area contributed by atoms with Gasteiger partial charge in [0.25, 0.3) is 0 Å². The Kier molecular flexibility index (Phi) is 5.94. The van der Waals surface area contributed by atoms with Crippen LogP contribution in [0.25, 0.3) is 0 Å². The Morgan fingerprint density at radius 2 is 1.87 bits per heavy atom. The van der Waals surface area contributed by atoms with Gasteiger partial charge >= 0.3 is 6.03 Å². The molecule has 2 aromatic rings. The minimum atomic E-state index is -0.372. The molecule has 1 aromatic carbocycles. The van der Waals surface area contributed by atoms with Gasteiger partial charge in [-0.25, -0.2) is 4.79 Å². The topological polar surface area (TPSA) is 83.1 Å². The molecule has 1 heterocycles. The van der Waals surface area contributed by atoms with Crippen LogP contribution in [-0.4, -0.2) is 23.5 Å². The molecule has 120 valence electrons. The van der Waals surface area contributed by atoms with Crippen molar-refractivity contribution in [3.8, 4) is 0 Å². The fourth-order valence-electron chi connectivity index (χ4n) is 1.86. The number of hydrogen-bond acceptors (Lipinski definition) is 3. The lowest BCUT2D eigenvalue weighted by Gasteiger charge is -2.10. The molecule has 0 saturated heterocycles. The third-order valence-electron chi connectivity index (χ3n) is 3.12. The minimum Gasteiger partial charge on any atom is -0.337 e. The van der Waals surface area contributed by atoms with E-state index in [1.165, 1.54) is 0 Å². The van der Waals surface area contributed by atoms with Crippen LogP contribution >= 0.6 is 11.6 Å². The second kappa shape index (κ2) is 8.14. The first-order valence-corrected chi connectivity index (χ1v) is 7.44. The minimum absolute atomic E-state index is 0.162. The Bertz CT molecular complexity index is 692. The molecule has 6 nitrogen and oxygen atoms in total. The molecule has 0 radical (unpaired) electrons. The highest BCUT2D eigenvalue weighted by atomic mass is 35.5. The number of nitrogens with one attached hydrogen (secondary N) is 3. The lowest BCUT2D eigenvalue weighted by atomic mass is 10.2. The Labute approximate surface area is 139 Å². The summed E-state index contributed by atoms with van der Waals surface area (Å²) in [5.41, 5.74) is 2.12. The zero-order valence-corrected chi connectivity index (χ0v) is 13.4. The van der Waals surface area contributed by atoms with Crippen molar-refractivity contribution < 1.29 is 9.59 Å². The quantitative estimate of drug-likeness (QED) is 0.786. The number of benzene rings is 1. The molecule has 23 heavy (non-hydrogen) atoms.